The number of nitrogens with one attached hydrogen (secondary N) is 2. The van der Waals surface area contributed by atoms with Gasteiger partial charge >= 0.3 is 0 Å². The third-order valence-corrected chi connectivity index (χ3v) is 3.04. The van der Waals surface area contributed by atoms with E-state index < -0.39 is 11.9 Å². The number of nitrogens with zero attached hydrogens (tertiary/aromatic N) is 2. The number of amides is 1. The number of anilines is 1. The minimum atomic E-state index is -0.621. The molecular weight excluding hydrogens is 275 g/mol. The average Bonchev–Trinajstić information content (AvgIpc) is 2.88. The van der Waals surface area contributed by atoms with Crippen molar-refractivity contribution in [2.24, 2.45) is 7.05 Å². The molecule has 2 aromatic rings. The Morgan fingerprint density at radius 1 is 1.48 bits per heavy atom. The number of hydrogen-bond donors (Lipinski definition) is 2. The van der Waals surface area contributed by atoms with Crippen LogP contribution in [-0.4, -0.2) is 29.8 Å². The van der Waals surface area contributed by atoms with E-state index in [2.05, 4.69) is 15.7 Å². The van der Waals surface area contributed by atoms with Gasteiger partial charge < -0.3 is 15.4 Å². The minimum Gasteiger partial charge on any atom is -0.497 e. The zero-order valence-corrected chi connectivity index (χ0v) is 12.1. The molecule has 7 heteroatoms. The van der Waals surface area contributed by atoms with Crippen LogP contribution in [-0.2, 0) is 11.8 Å². The molecule has 1 heterocycles. The topological polar surface area (TPSA) is 68.2 Å². The third kappa shape index (κ3) is 3.38. The molecule has 112 valence electrons. The van der Waals surface area contributed by atoms with E-state index >= 15 is 0 Å². The predicted molar refractivity (Wildman–Crippen MR) is 76.6 cm³/mol. The predicted octanol–water partition coefficient (Wildman–Crippen LogP) is 1.47. The van der Waals surface area contributed by atoms with Crippen molar-refractivity contribution >= 4 is 11.6 Å². The molecule has 1 amide bonds. The summed E-state index contributed by atoms with van der Waals surface area (Å²) in [5.41, 5.74) is 0.768. The number of likely N-dealkylation sites (N-methyl/N-ethyl adjacent to an activating group) is 1. The summed E-state index contributed by atoms with van der Waals surface area (Å²) in [4.78, 5) is 12.3. The molecule has 1 aromatic carbocycles. The number of methoxy groups -OCH3 is 1. The second-order valence-electron chi connectivity index (χ2n) is 4.50. The Hall–Kier alpha value is -2.41. The molecule has 0 saturated heterocycles. The van der Waals surface area contributed by atoms with Gasteiger partial charge in [-0.1, -0.05) is 0 Å². The van der Waals surface area contributed by atoms with Gasteiger partial charge in [0, 0.05) is 24.9 Å². The van der Waals surface area contributed by atoms with E-state index in [0.717, 1.165) is 0 Å². The number of ether oxygens (including phenoxy) is 1. The highest BCUT2D eigenvalue weighted by molar-refractivity contribution is 5.95. The van der Waals surface area contributed by atoms with Gasteiger partial charge in [0.15, 0.2) is 0 Å². The number of carbonyl (C=O) groups is 1. The van der Waals surface area contributed by atoms with E-state index in [0.29, 0.717) is 11.3 Å². The lowest BCUT2D eigenvalue weighted by Gasteiger charge is -2.15. The molecule has 0 saturated carbocycles. The Balaban J connectivity index is 2.20. The highest BCUT2D eigenvalue weighted by Gasteiger charge is 2.21. The molecule has 21 heavy (non-hydrogen) atoms. The van der Waals surface area contributed by atoms with E-state index in [1.54, 1.807) is 31.2 Å². The van der Waals surface area contributed by atoms with E-state index in [9.17, 15) is 9.18 Å². The zero-order chi connectivity index (χ0) is 15.4. The average molecular weight is 292 g/mol. The Kier molecular flexibility index (Phi) is 4.54. The lowest BCUT2D eigenvalue weighted by atomic mass is 10.1. The smallest absolute Gasteiger partial charge is 0.246 e. The number of benzene rings is 1. The van der Waals surface area contributed by atoms with Crippen molar-refractivity contribution in [2.75, 3.05) is 19.5 Å². The Morgan fingerprint density at radius 2 is 2.24 bits per heavy atom. The van der Waals surface area contributed by atoms with E-state index in [4.69, 9.17) is 4.74 Å². The van der Waals surface area contributed by atoms with Crippen LogP contribution in [0, 0.1) is 5.82 Å². The molecule has 0 aliphatic heterocycles. The standard InChI is InChI=1S/C14H17FN4O2/c1-16-13(9-7-17-19(2)8-9)14(20)18-12-6-10(21-3)4-5-11(12)15/h4-8,13,16H,1-3H3,(H,18,20). The number of aromatic nitrogens is 2. The van der Waals surface area contributed by atoms with Gasteiger partial charge in [-0.15, -0.1) is 0 Å². The summed E-state index contributed by atoms with van der Waals surface area (Å²) in [6, 6.07) is 3.54. The zero-order valence-electron chi connectivity index (χ0n) is 12.1. The normalized spacial score (nSPS) is 12.0. The van der Waals surface area contributed by atoms with Crippen LogP contribution < -0.4 is 15.4 Å². The lowest BCUT2D eigenvalue weighted by Crippen LogP contribution is -2.30. The molecule has 0 fully saturated rings. The van der Waals surface area contributed by atoms with E-state index in [1.807, 2.05) is 0 Å². The molecule has 0 radical (unpaired) electrons. The fourth-order valence-electron chi connectivity index (χ4n) is 1.97. The van der Waals surface area contributed by atoms with Crippen molar-refractivity contribution in [1.82, 2.24) is 15.1 Å². The van der Waals surface area contributed by atoms with Crippen molar-refractivity contribution in [2.45, 2.75) is 6.04 Å². The molecule has 6 nitrogen and oxygen atoms in total. The molecule has 1 aromatic heterocycles. The largest absolute Gasteiger partial charge is 0.497 e. The van der Waals surface area contributed by atoms with Crippen LogP contribution >= 0.6 is 0 Å². The molecule has 2 rings (SSSR count). The van der Waals surface area contributed by atoms with Crippen molar-refractivity contribution in [3.05, 3.63) is 42.0 Å². The second kappa shape index (κ2) is 6.36. The first-order valence-electron chi connectivity index (χ1n) is 6.35. The molecular formula is C14H17FN4O2. The van der Waals surface area contributed by atoms with Gasteiger partial charge in [-0.05, 0) is 19.2 Å². The molecule has 1 atom stereocenters. The van der Waals surface area contributed by atoms with Crippen LogP contribution in [0.25, 0.3) is 0 Å². The van der Waals surface area contributed by atoms with Crippen LogP contribution in [0.4, 0.5) is 10.1 Å². The quantitative estimate of drug-likeness (QED) is 0.875. The maximum Gasteiger partial charge on any atom is 0.246 e. The molecule has 2 N–H and O–H groups in total. The highest BCUT2D eigenvalue weighted by atomic mass is 19.1. The first kappa shape index (κ1) is 15.0. The minimum absolute atomic E-state index is 0.0727. The monoisotopic (exact) mass is 292 g/mol. The number of aryl methyl sites for hydroxylation is 1. The van der Waals surface area contributed by atoms with Crippen molar-refractivity contribution in [1.29, 1.82) is 0 Å². The number of hydrogen-bond acceptors (Lipinski definition) is 4. The number of rotatable bonds is 5. The number of carbonyl (C=O) groups excluding carboxylic acids is 1. The Morgan fingerprint density at radius 3 is 2.81 bits per heavy atom. The van der Waals surface area contributed by atoms with Crippen LogP contribution in [0.15, 0.2) is 30.6 Å². The first-order chi connectivity index (χ1) is 10.0. The van der Waals surface area contributed by atoms with Crippen molar-refractivity contribution in [3.8, 4) is 5.75 Å². The van der Waals surface area contributed by atoms with Gasteiger partial charge in [-0.3, -0.25) is 9.48 Å². The first-order valence-corrected chi connectivity index (χ1v) is 6.35. The number of halogens is 1. The fraction of sp³-hybridized carbons (Fsp3) is 0.286. The lowest BCUT2D eigenvalue weighted by molar-refractivity contribution is -0.118. The Bertz CT molecular complexity index is 642. The summed E-state index contributed by atoms with van der Waals surface area (Å²) >= 11 is 0. The van der Waals surface area contributed by atoms with Crippen molar-refractivity contribution in [3.63, 3.8) is 0 Å². The summed E-state index contributed by atoms with van der Waals surface area (Å²) in [6.45, 7) is 0. The molecule has 0 aliphatic carbocycles. The van der Waals surface area contributed by atoms with Crippen LogP contribution in [0.5, 0.6) is 5.75 Å². The van der Waals surface area contributed by atoms with Gasteiger partial charge in [0.25, 0.3) is 0 Å². The van der Waals surface area contributed by atoms with Crippen molar-refractivity contribution < 1.29 is 13.9 Å². The SMILES string of the molecule is CNC(C(=O)Nc1cc(OC)ccc1F)c1cnn(C)c1. The molecule has 1 unspecified atom stereocenters. The Labute approximate surface area is 121 Å². The molecule has 0 bridgehead atoms. The summed E-state index contributed by atoms with van der Waals surface area (Å²) in [5, 5.41) is 9.45. The van der Waals surface area contributed by atoms with Gasteiger partial charge in [0.2, 0.25) is 5.91 Å². The molecule has 0 aliphatic rings. The van der Waals surface area contributed by atoms with E-state index in [1.165, 1.54) is 25.3 Å². The summed E-state index contributed by atoms with van der Waals surface area (Å²) in [7, 11) is 4.89. The molecule has 0 spiro atoms. The maximum absolute atomic E-state index is 13.7. The summed E-state index contributed by atoms with van der Waals surface area (Å²) < 4.78 is 20.3. The van der Waals surface area contributed by atoms with Crippen LogP contribution in [0.2, 0.25) is 0 Å². The highest BCUT2D eigenvalue weighted by Crippen LogP contribution is 2.22. The summed E-state index contributed by atoms with van der Waals surface area (Å²) in [5.74, 6) is -0.433. The van der Waals surface area contributed by atoms with Gasteiger partial charge in [0.05, 0.1) is 19.0 Å². The second-order valence-corrected chi connectivity index (χ2v) is 4.50. The maximum atomic E-state index is 13.7. The third-order valence-electron chi connectivity index (χ3n) is 3.04. The van der Waals surface area contributed by atoms with Crippen LogP contribution in [0.1, 0.15) is 11.6 Å². The fourth-order valence-corrected chi connectivity index (χ4v) is 1.97. The van der Waals surface area contributed by atoms with Crippen LogP contribution in [0.3, 0.4) is 0 Å². The van der Waals surface area contributed by atoms with Gasteiger partial charge in [-0.25, -0.2) is 4.39 Å². The van der Waals surface area contributed by atoms with E-state index in [-0.39, 0.29) is 11.6 Å². The van der Waals surface area contributed by atoms with Gasteiger partial charge in [-0.2, -0.15) is 5.10 Å². The van der Waals surface area contributed by atoms with Gasteiger partial charge in [0.1, 0.15) is 17.6 Å². The summed E-state index contributed by atoms with van der Waals surface area (Å²) in [6.07, 6.45) is 3.31.